The van der Waals surface area contributed by atoms with Crippen molar-refractivity contribution in [1.82, 2.24) is 0 Å². The van der Waals surface area contributed by atoms with E-state index in [0.29, 0.717) is 6.54 Å². The van der Waals surface area contributed by atoms with Gasteiger partial charge < -0.3 is 15.2 Å². The molecule has 0 amide bonds. The summed E-state index contributed by atoms with van der Waals surface area (Å²) in [4.78, 5) is 0. The van der Waals surface area contributed by atoms with E-state index in [-0.39, 0.29) is 5.41 Å². The first-order chi connectivity index (χ1) is 10.3. The second-order valence-corrected chi connectivity index (χ2v) is 6.52. The highest BCUT2D eigenvalue weighted by molar-refractivity contribution is 5.58. The number of hydrogen-bond donors (Lipinski definition) is 1. The molecule has 0 saturated heterocycles. The van der Waals surface area contributed by atoms with Gasteiger partial charge in [-0.15, -0.1) is 0 Å². The van der Waals surface area contributed by atoms with Crippen LogP contribution in [0.25, 0.3) is 0 Å². The topological polar surface area (TPSA) is 44.5 Å². The fourth-order valence-electron chi connectivity index (χ4n) is 4.33. The standard InChI is InChI=1S/C18H27NO2/c1-20-16-11-15(18(12-19)9-4-3-5-10-18)17(21-2)14-8-6-7-13(14)16/h11H,3-10,12,19H2,1-2H3. The highest BCUT2D eigenvalue weighted by atomic mass is 16.5. The van der Waals surface area contributed by atoms with Gasteiger partial charge >= 0.3 is 0 Å². The summed E-state index contributed by atoms with van der Waals surface area (Å²) in [5, 5.41) is 0. The average molecular weight is 289 g/mol. The van der Waals surface area contributed by atoms with Crippen molar-refractivity contribution < 1.29 is 9.47 Å². The zero-order chi connectivity index (χ0) is 14.9. The minimum Gasteiger partial charge on any atom is -0.496 e. The lowest BCUT2D eigenvalue weighted by atomic mass is 9.68. The summed E-state index contributed by atoms with van der Waals surface area (Å²) in [5.74, 6) is 2.13. The van der Waals surface area contributed by atoms with Crippen LogP contribution in [0.2, 0.25) is 0 Å². The smallest absolute Gasteiger partial charge is 0.126 e. The molecule has 0 spiro atoms. The van der Waals surface area contributed by atoms with Crippen LogP contribution >= 0.6 is 0 Å². The van der Waals surface area contributed by atoms with Gasteiger partial charge in [-0.25, -0.2) is 0 Å². The number of ether oxygens (including phenoxy) is 2. The van der Waals surface area contributed by atoms with Crippen LogP contribution in [-0.2, 0) is 18.3 Å². The SMILES string of the molecule is COc1cc(C2(CN)CCCCC2)c(OC)c2c1CCC2. The Hall–Kier alpha value is -1.22. The molecule has 0 aliphatic heterocycles. The second-order valence-electron chi connectivity index (χ2n) is 6.52. The van der Waals surface area contributed by atoms with E-state index in [0.717, 1.165) is 24.3 Å². The van der Waals surface area contributed by atoms with E-state index in [9.17, 15) is 0 Å². The zero-order valence-electron chi connectivity index (χ0n) is 13.3. The minimum absolute atomic E-state index is 0.0779. The molecular formula is C18H27NO2. The summed E-state index contributed by atoms with van der Waals surface area (Å²) in [6.07, 6.45) is 9.59. The van der Waals surface area contributed by atoms with Gasteiger partial charge in [0.15, 0.2) is 0 Å². The number of benzene rings is 1. The predicted molar refractivity (Wildman–Crippen MR) is 85.4 cm³/mol. The first-order valence-corrected chi connectivity index (χ1v) is 8.23. The predicted octanol–water partition coefficient (Wildman–Crippen LogP) is 3.35. The summed E-state index contributed by atoms with van der Waals surface area (Å²) in [6.45, 7) is 0.700. The van der Waals surface area contributed by atoms with Gasteiger partial charge in [-0.2, -0.15) is 0 Å². The highest BCUT2D eigenvalue weighted by Crippen LogP contribution is 2.48. The highest BCUT2D eigenvalue weighted by Gasteiger charge is 2.37. The van der Waals surface area contributed by atoms with Crippen molar-refractivity contribution in [2.45, 2.75) is 56.8 Å². The Morgan fingerprint density at radius 2 is 1.71 bits per heavy atom. The van der Waals surface area contributed by atoms with Gasteiger partial charge in [0.05, 0.1) is 14.2 Å². The lowest BCUT2D eigenvalue weighted by Crippen LogP contribution is -2.37. The molecule has 0 atom stereocenters. The molecule has 2 aliphatic carbocycles. The number of nitrogens with two attached hydrogens (primary N) is 1. The van der Waals surface area contributed by atoms with Crippen LogP contribution in [0.4, 0.5) is 0 Å². The summed E-state index contributed by atoms with van der Waals surface area (Å²) in [7, 11) is 3.58. The first-order valence-electron chi connectivity index (χ1n) is 8.23. The largest absolute Gasteiger partial charge is 0.496 e. The number of rotatable bonds is 4. The maximum Gasteiger partial charge on any atom is 0.126 e. The Bertz CT molecular complexity index is 518. The molecule has 0 bridgehead atoms. The Morgan fingerprint density at radius 3 is 2.33 bits per heavy atom. The van der Waals surface area contributed by atoms with Gasteiger partial charge in [0.25, 0.3) is 0 Å². The maximum atomic E-state index is 6.23. The van der Waals surface area contributed by atoms with Gasteiger partial charge in [0, 0.05) is 28.7 Å². The van der Waals surface area contributed by atoms with Crippen LogP contribution in [0.5, 0.6) is 11.5 Å². The van der Waals surface area contributed by atoms with Gasteiger partial charge in [-0.05, 0) is 38.2 Å². The molecule has 3 heteroatoms. The molecule has 116 valence electrons. The molecule has 0 aromatic heterocycles. The lowest BCUT2D eigenvalue weighted by Gasteiger charge is -2.38. The number of methoxy groups -OCH3 is 2. The van der Waals surface area contributed by atoms with Gasteiger partial charge in [0.2, 0.25) is 0 Å². The van der Waals surface area contributed by atoms with E-state index < -0.39 is 0 Å². The van der Waals surface area contributed by atoms with E-state index in [2.05, 4.69) is 6.07 Å². The normalized spacial score (nSPS) is 20.1. The monoisotopic (exact) mass is 289 g/mol. The third-order valence-electron chi connectivity index (χ3n) is 5.51. The van der Waals surface area contributed by atoms with Crippen molar-refractivity contribution in [3.05, 3.63) is 22.8 Å². The summed E-state index contributed by atoms with van der Waals surface area (Å²) in [6, 6.07) is 2.22. The van der Waals surface area contributed by atoms with Crippen LogP contribution in [0.15, 0.2) is 6.07 Å². The van der Waals surface area contributed by atoms with Crippen molar-refractivity contribution in [1.29, 1.82) is 0 Å². The molecule has 1 saturated carbocycles. The fraction of sp³-hybridized carbons (Fsp3) is 0.667. The van der Waals surface area contributed by atoms with Crippen molar-refractivity contribution in [3.8, 4) is 11.5 Å². The molecule has 1 fully saturated rings. The number of hydrogen-bond acceptors (Lipinski definition) is 3. The Morgan fingerprint density at radius 1 is 1.00 bits per heavy atom. The molecule has 0 heterocycles. The van der Waals surface area contributed by atoms with Gasteiger partial charge in [0.1, 0.15) is 11.5 Å². The fourth-order valence-corrected chi connectivity index (χ4v) is 4.33. The molecular weight excluding hydrogens is 262 g/mol. The molecule has 1 aromatic rings. The van der Waals surface area contributed by atoms with E-state index in [4.69, 9.17) is 15.2 Å². The first kappa shape index (κ1) is 14.7. The van der Waals surface area contributed by atoms with Crippen molar-refractivity contribution in [2.24, 2.45) is 5.73 Å². The Kier molecular flexibility index (Phi) is 4.12. The van der Waals surface area contributed by atoms with Crippen LogP contribution in [0.1, 0.15) is 55.2 Å². The van der Waals surface area contributed by atoms with Crippen molar-refractivity contribution in [2.75, 3.05) is 20.8 Å². The summed E-state index contributed by atoms with van der Waals surface area (Å²) >= 11 is 0. The van der Waals surface area contributed by atoms with Crippen molar-refractivity contribution in [3.63, 3.8) is 0 Å². The van der Waals surface area contributed by atoms with E-state index >= 15 is 0 Å². The Balaban J connectivity index is 2.16. The molecule has 2 aliphatic rings. The summed E-state index contributed by atoms with van der Waals surface area (Å²) < 4.78 is 11.5. The van der Waals surface area contributed by atoms with Gasteiger partial charge in [-0.1, -0.05) is 19.3 Å². The lowest BCUT2D eigenvalue weighted by molar-refractivity contribution is 0.285. The zero-order valence-corrected chi connectivity index (χ0v) is 13.3. The summed E-state index contributed by atoms with van der Waals surface area (Å²) in [5.41, 5.74) is 10.3. The molecule has 3 rings (SSSR count). The third kappa shape index (κ3) is 2.32. The molecule has 0 radical (unpaired) electrons. The van der Waals surface area contributed by atoms with E-state index in [1.54, 1.807) is 14.2 Å². The van der Waals surface area contributed by atoms with Crippen LogP contribution < -0.4 is 15.2 Å². The van der Waals surface area contributed by atoms with E-state index in [1.807, 2.05) is 0 Å². The van der Waals surface area contributed by atoms with Crippen molar-refractivity contribution >= 4 is 0 Å². The van der Waals surface area contributed by atoms with Crippen LogP contribution in [0, 0.1) is 0 Å². The molecule has 2 N–H and O–H groups in total. The number of fused-ring (bicyclic) bond motifs is 1. The van der Waals surface area contributed by atoms with E-state index in [1.165, 1.54) is 55.2 Å². The third-order valence-corrected chi connectivity index (χ3v) is 5.51. The molecule has 21 heavy (non-hydrogen) atoms. The molecule has 0 unspecified atom stereocenters. The maximum absolute atomic E-state index is 6.23. The average Bonchev–Trinajstić information content (AvgIpc) is 3.03. The second kappa shape index (κ2) is 5.88. The molecule has 3 nitrogen and oxygen atoms in total. The van der Waals surface area contributed by atoms with Crippen LogP contribution in [0.3, 0.4) is 0 Å². The molecule has 1 aromatic carbocycles. The van der Waals surface area contributed by atoms with Gasteiger partial charge in [-0.3, -0.25) is 0 Å². The Labute approximate surface area is 127 Å². The minimum atomic E-state index is 0.0779. The quantitative estimate of drug-likeness (QED) is 0.924. The van der Waals surface area contributed by atoms with Crippen LogP contribution in [-0.4, -0.2) is 20.8 Å².